The van der Waals surface area contributed by atoms with Crippen molar-refractivity contribution < 1.29 is 4.79 Å². The molecule has 0 spiro atoms. The molecule has 1 heterocycles. The van der Waals surface area contributed by atoms with Crippen LogP contribution in [0, 0.1) is 5.92 Å². The summed E-state index contributed by atoms with van der Waals surface area (Å²) in [6.45, 7) is 2.34. The van der Waals surface area contributed by atoms with E-state index in [4.69, 9.17) is 0 Å². The molecule has 1 aliphatic heterocycles. The molecule has 110 valence electrons. The number of nitrogens with zero attached hydrogens (tertiary/aromatic N) is 1. The Bertz CT molecular complexity index is 460. The zero-order valence-electron chi connectivity index (χ0n) is 11.8. The molecule has 20 heavy (non-hydrogen) atoms. The van der Waals surface area contributed by atoms with Gasteiger partial charge in [0.25, 0.3) is 0 Å². The Balaban J connectivity index is 0.00000147. The molecule has 3 rings (SSSR count). The van der Waals surface area contributed by atoms with Crippen LogP contribution in [-0.4, -0.2) is 25.5 Å². The van der Waals surface area contributed by atoms with Gasteiger partial charge in [-0.05, 0) is 56.2 Å². The van der Waals surface area contributed by atoms with Crippen molar-refractivity contribution in [2.75, 3.05) is 24.5 Å². The lowest BCUT2D eigenvalue weighted by Crippen LogP contribution is -2.39. The van der Waals surface area contributed by atoms with Crippen LogP contribution in [0.1, 0.15) is 31.2 Å². The normalized spacial score (nSPS) is 17.9. The third kappa shape index (κ3) is 3.74. The molecular weight excluding hydrogens is 272 g/mol. The number of amides is 1. The summed E-state index contributed by atoms with van der Waals surface area (Å²) in [5.74, 6) is 1.04. The van der Waals surface area contributed by atoms with Gasteiger partial charge in [-0.1, -0.05) is 18.2 Å². The maximum absolute atomic E-state index is 12.4. The molecule has 0 saturated heterocycles. The monoisotopic (exact) mass is 294 g/mol. The molecule has 1 aromatic rings. The van der Waals surface area contributed by atoms with E-state index in [0.717, 1.165) is 37.5 Å². The van der Waals surface area contributed by atoms with Crippen molar-refractivity contribution in [3.8, 4) is 0 Å². The largest absolute Gasteiger partial charge is 0.311 e. The highest BCUT2D eigenvalue weighted by molar-refractivity contribution is 5.95. The van der Waals surface area contributed by atoms with Crippen LogP contribution < -0.4 is 10.2 Å². The molecule has 0 radical (unpaired) electrons. The quantitative estimate of drug-likeness (QED) is 0.926. The zero-order valence-corrected chi connectivity index (χ0v) is 12.6. The zero-order chi connectivity index (χ0) is 13.1. The number of anilines is 1. The van der Waals surface area contributed by atoms with Gasteiger partial charge in [0.05, 0.1) is 6.54 Å². The number of aryl methyl sites for hydroxylation is 1. The summed E-state index contributed by atoms with van der Waals surface area (Å²) in [5, 5.41) is 3.30. The van der Waals surface area contributed by atoms with Gasteiger partial charge in [-0.25, -0.2) is 0 Å². The number of hydrogen-bond acceptors (Lipinski definition) is 2. The highest BCUT2D eigenvalue weighted by atomic mass is 35.5. The number of benzene rings is 1. The van der Waals surface area contributed by atoms with E-state index in [1.165, 1.54) is 24.8 Å². The van der Waals surface area contributed by atoms with E-state index in [-0.39, 0.29) is 18.3 Å². The molecule has 1 aliphatic carbocycles. The fourth-order valence-electron chi connectivity index (χ4n) is 2.75. The Morgan fingerprint density at radius 1 is 1.25 bits per heavy atom. The van der Waals surface area contributed by atoms with Crippen LogP contribution in [0.25, 0.3) is 0 Å². The molecular formula is C16H23ClN2O. The number of hydrogen-bond donors (Lipinski definition) is 1. The van der Waals surface area contributed by atoms with Crippen molar-refractivity contribution in [2.24, 2.45) is 5.92 Å². The lowest BCUT2D eigenvalue weighted by molar-refractivity contribution is -0.117. The summed E-state index contributed by atoms with van der Waals surface area (Å²) >= 11 is 0. The first kappa shape index (κ1) is 15.3. The summed E-state index contributed by atoms with van der Waals surface area (Å²) in [4.78, 5) is 14.4. The average molecular weight is 295 g/mol. The maximum Gasteiger partial charge on any atom is 0.240 e. The standard InChI is InChI=1S/C16H22N2O.ClH/c19-16(12-17-11-13-8-9-13)18-10-4-3-6-14-5-1-2-7-15(14)18;/h1-2,5,7,13,17H,3-4,6,8-12H2;1H. The molecule has 1 fully saturated rings. The molecule has 1 amide bonds. The molecule has 0 unspecified atom stereocenters. The van der Waals surface area contributed by atoms with E-state index in [1.807, 2.05) is 11.0 Å². The summed E-state index contributed by atoms with van der Waals surface area (Å²) in [5.41, 5.74) is 2.44. The van der Waals surface area contributed by atoms with Gasteiger partial charge in [-0.15, -0.1) is 12.4 Å². The number of nitrogens with one attached hydrogen (secondary N) is 1. The van der Waals surface area contributed by atoms with Crippen LogP contribution in [0.2, 0.25) is 0 Å². The van der Waals surface area contributed by atoms with Gasteiger partial charge in [0.2, 0.25) is 5.91 Å². The third-order valence-corrected chi connectivity index (χ3v) is 4.07. The van der Waals surface area contributed by atoms with E-state index in [1.54, 1.807) is 0 Å². The molecule has 4 heteroatoms. The highest BCUT2D eigenvalue weighted by Gasteiger charge is 2.23. The Morgan fingerprint density at radius 2 is 2.05 bits per heavy atom. The number of halogens is 1. The second kappa shape index (κ2) is 7.09. The van der Waals surface area contributed by atoms with Crippen molar-refractivity contribution in [1.29, 1.82) is 0 Å². The third-order valence-electron chi connectivity index (χ3n) is 4.07. The van der Waals surface area contributed by atoms with E-state index in [2.05, 4.69) is 23.5 Å². The predicted octanol–water partition coefficient (Wildman–Crippen LogP) is 2.78. The van der Waals surface area contributed by atoms with Crippen molar-refractivity contribution in [1.82, 2.24) is 5.32 Å². The first-order valence-corrected chi connectivity index (χ1v) is 7.43. The average Bonchev–Trinajstić information content (AvgIpc) is 3.24. The Kier molecular flexibility index (Phi) is 5.44. The Morgan fingerprint density at radius 3 is 2.85 bits per heavy atom. The molecule has 0 bridgehead atoms. The summed E-state index contributed by atoms with van der Waals surface area (Å²) in [6.07, 6.45) is 6.02. The summed E-state index contributed by atoms with van der Waals surface area (Å²) in [6, 6.07) is 8.33. The maximum atomic E-state index is 12.4. The molecule has 1 saturated carbocycles. The lowest BCUT2D eigenvalue weighted by atomic mass is 10.1. The van der Waals surface area contributed by atoms with Crippen LogP contribution >= 0.6 is 12.4 Å². The molecule has 0 aromatic heterocycles. The molecule has 0 atom stereocenters. The van der Waals surface area contributed by atoms with Crippen LogP contribution in [-0.2, 0) is 11.2 Å². The topological polar surface area (TPSA) is 32.3 Å². The molecule has 3 nitrogen and oxygen atoms in total. The van der Waals surface area contributed by atoms with Gasteiger partial charge >= 0.3 is 0 Å². The number of para-hydroxylation sites is 1. The first-order valence-electron chi connectivity index (χ1n) is 7.43. The van der Waals surface area contributed by atoms with Gasteiger partial charge in [0.1, 0.15) is 0 Å². The second-order valence-electron chi connectivity index (χ2n) is 5.71. The van der Waals surface area contributed by atoms with Crippen LogP contribution in [0.15, 0.2) is 24.3 Å². The molecule has 1 N–H and O–H groups in total. The minimum atomic E-state index is 0. The smallest absolute Gasteiger partial charge is 0.240 e. The van der Waals surface area contributed by atoms with E-state index >= 15 is 0 Å². The highest BCUT2D eigenvalue weighted by Crippen LogP contribution is 2.28. The van der Waals surface area contributed by atoms with Crippen molar-refractivity contribution in [3.05, 3.63) is 29.8 Å². The fourth-order valence-corrected chi connectivity index (χ4v) is 2.75. The van der Waals surface area contributed by atoms with Crippen molar-refractivity contribution >= 4 is 24.0 Å². The number of carbonyl (C=O) groups is 1. The number of carbonyl (C=O) groups excluding carboxylic acids is 1. The SMILES string of the molecule is Cl.O=C(CNCC1CC1)N1CCCCc2ccccc21. The minimum Gasteiger partial charge on any atom is -0.311 e. The summed E-state index contributed by atoms with van der Waals surface area (Å²) in [7, 11) is 0. The Labute approximate surface area is 127 Å². The second-order valence-corrected chi connectivity index (χ2v) is 5.71. The lowest BCUT2D eigenvalue weighted by Gasteiger charge is -2.23. The van der Waals surface area contributed by atoms with E-state index < -0.39 is 0 Å². The molecule has 2 aliphatic rings. The Hall–Kier alpha value is -1.06. The van der Waals surface area contributed by atoms with Gasteiger partial charge in [-0.3, -0.25) is 4.79 Å². The first-order chi connectivity index (χ1) is 9.34. The van der Waals surface area contributed by atoms with Gasteiger partial charge in [0, 0.05) is 12.2 Å². The summed E-state index contributed by atoms with van der Waals surface area (Å²) < 4.78 is 0. The van der Waals surface area contributed by atoms with Crippen molar-refractivity contribution in [2.45, 2.75) is 32.1 Å². The number of fused-ring (bicyclic) bond motifs is 1. The van der Waals surface area contributed by atoms with Crippen LogP contribution in [0.3, 0.4) is 0 Å². The van der Waals surface area contributed by atoms with Gasteiger partial charge in [-0.2, -0.15) is 0 Å². The fraction of sp³-hybridized carbons (Fsp3) is 0.562. The predicted molar refractivity (Wildman–Crippen MR) is 84.6 cm³/mol. The van der Waals surface area contributed by atoms with Crippen molar-refractivity contribution in [3.63, 3.8) is 0 Å². The van der Waals surface area contributed by atoms with Gasteiger partial charge in [0.15, 0.2) is 0 Å². The van der Waals surface area contributed by atoms with Crippen LogP contribution in [0.4, 0.5) is 5.69 Å². The number of rotatable bonds is 4. The van der Waals surface area contributed by atoms with E-state index in [0.29, 0.717) is 6.54 Å². The van der Waals surface area contributed by atoms with Crippen LogP contribution in [0.5, 0.6) is 0 Å². The van der Waals surface area contributed by atoms with E-state index in [9.17, 15) is 4.79 Å². The molecule has 1 aromatic carbocycles. The minimum absolute atomic E-state index is 0. The van der Waals surface area contributed by atoms with Gasteiger partial charge < -0.3 is 10.2 Å².